The summed E-state index contributed by atoms with van der Waals surface area (Å²) in [5, 5.41) is 14.0. The highest BCUT2D eigenvalue weighted by Gasteiger charge is 2.29. The normalized spacial score (nSPS) is 11.0. The third-order valence-corrected chi connectivity index (χ3v) is 6.68. The van der Waals surface area contributed by atoms with E-state index >= 15 is 0 Å². The number of aryl methyl sites for hydroxylation is 2. The zero-order valence-electron chi connectivity index (χ0n) is 18.3. The van der Waals surface area contributed by atoms with Crippen LogP contribution < -0.4 is 14.4 Å². The lowest BCUT2D eigenvalue weighted by molar-refractivity contribution is -0.385. The summed E-state index contributed by atoms with van der Waals surface area (Å²) in [6.07, 6.45) is 0. The molecule has 0 aliphatic heterocycles. The lowest BCUT2D eigenvalue weighted by atomic mass is 10.2. The Morgan fingerprint density at radius 3 is 2.36 bits per heavy atom. The Hall–Kier alpha value is -3.92. The average molecular weight is 470 g/mol. The molecule has 1 amide bonds. The van der Waals surface area contributed by atoms with Crippen LogP contribution >= 0.6 is 0 Å². The van der Waals surface area contributed by atoms with E-state index in [4.69, 9.17) is 4.74 Å². The van der Waals surface area contributed by atoms with Gasteiger partial charge in [-0.15, -0.1) is 0 Å². The van der Waals surface area contributed by atoms with Crippen LogP contribution in [0.15, 0.2) is 71.6 Å². The highest BCUT2D eigenvalue weighted by Crippen LogP contribution is 2.29. The molecule has 10 heteroatoms. The Bertz CT molecular complexity index is 1290. The van der Waals surface area contributed by atoms with Crippen LogP contribution in [0.25, 0.3) is 0 Å². The third-order valence-electron chi connectivity index (χ3n) is 4.91. The predicted octanol–water partition coefficient (Wildman–Crippen LogP) is 4.05. The number of methoxy groups -OCH3 is 1. The minimum Gasteiger partial charge on any atom is -0.497 e. The monoisotopic (exact) mass is 469 g/mol. The van der Waals surface area contributed by atoms with E-state index in [0.717, 1.165) is 15.9 Å². The number of carbonyl (C=O) groups excluding carboxylic acids is 1. The van der Waals surface area contributed by atoms with E-state index in [1.54, 1.807) is 30.3 Å². The maximum Gasteiger partial charge on any atom is 0.273 e. The van der Waals surface area contributed by atoms with Crippen LogP contribution in [0.1, 0.15) is 11.1 Å². The molecule has 0 aliphatic carbocycles. The van der Waals surface area contributed by atoms with Gasteiger partial charge in [0, 0.05) is 17.3 Å². The van der Waals surface area contributed by atoms with E-state index in [1.165, 1.54) is 38.3 Å². The number of rotatable bonds is 8. The number of nitrogens with one attached hydrogen (secondary N) is 1. The van der Waals surface area contributed by atoms with Crippen LogP contribution in [0.5, 0.6) is 5.75 Å². The van der Waals surface area contributed by atoms with Gasteiger partial charge in [-0.05, 0) is 61.9 Å². The van der Waals surface area contributed by atoms with Gasteiger partial charge in [0.2, 0.25) is 5.91 Å². The molecule has 3 rings (SSSR count). The van der Waals surface area contributed by atoms with Crippen molar-refractivity contribution in [3.63, 3.8) is 0 Å². The van der Waals surface area contributed by atoms with Crippen LogP contribution in [0, 0.1) is 24.0 Å². The van der Waals surface area contributed by atoms with Crippen LogP contribution in [-0.4, -0.2) is 32.9 Å². The number of carbonyl (C=O) groups is 1. The van der Waals surface area contributed by atoms with E-state index in [1.807, 2.05) is 13.0 Å². The van der Waals surface area contributed by atoms with Crippen molar-refractivity contribution in [2.45, 2.75) is 18.7 Å². The molecule has 0 bridgehead atoms. The van der Waals surface area contributed by atoms with Gasteiger partial charge in [0.05, 0.1) is 22.6 Å². The highest BCUT2D eigenvalue weighted by atomic mass is 32.2. The standard InChI is InChI=1S/C23H23N3O6S/c1-16-5-4-6-18(13-16)24-23(27)15-25(19-8-10-20(32-3)11-9-19)33(30,31)21-12-7-17(2)22(14-21)26(28)29/h4-14H,15H2,1-3H3,(H,24,27). The topological polar surface area (TPSA) is 119 Å². The Balaban J connectivity index is 2.01. The van der Waals surface area contributed by atoms with Gasteiger partial charge < -0.3 is 10.1 Å². The van der Waals surface area contributed by atoms with Gasteiger partial charge in [-0.25, -0.2) is 8.42 Å². The summed E-state index contributed by atoms with van der Waals surface area (Å²) in [6.45, 7) is 2.85. The SMILES string of the molecule is COc1ccc(N(CC(=O)Nc2cccc(C)c2)S(=O)(=O)c2ccc(C)c([N+](=O)[O-])c2)cc1. The number of nitro groups is 1. The van der Waals surface area contributed by atoms with Crippen LogP contribution in [-0.2, 0) is 14.8 Å². The van der Waals surface area contributed by atoms with Gasteiger partial charge >= 0.3 is 0 Å². The fourth-order valence-corrected chi connectivity index (χ4v) is 4.63. The van der Waals surface area contributed by atoms with Gasteiger partial charge in [-0.3, -0.25) is 19.2 Å². The molecule has 0 radical (unpaired) electrons. The van der Waals surface area contributed by atoms with Crippen LogP contribution in [0.4, 0.5) is 17.1 Å². The molecule has 0 saturated carbocycles. The third kappa shape index (κ3) is 5.47. The Morgan fingerprint density at radius 2 is 1.76 bits per heavy atom. The Kier molecular flexibility index (Phi) is 6.98. The summed E-state index contributed by atoms with van der Waals surface area (Å²) < 4.78 is 33.0. The molecule has 0 aromatic heterocycles. The van der Waals surface area contributed by atoms with E-state index in [2.05, 4.69) is 5.32 Å². The van der Waals surface area contributed by atoms with Crippen molar-refractivity contribution in [3.05, 3.63) is 88.0 Å². The largest absolute Gasteiger partial charge is 0.497 e. The summed E-state index contributed by atoms with van der Waals surface area (Å²) in [5.41, 5.74) is 1.66. The molecule has 3 aromatic rings. The van der Waals surface area contributed by atoms with Gasteiger partial charge in [-0.2, -0.15) is 0 Å². The first-order valence-electron chi connectivity index (χ1n) is 9.90. The number of hydrogen-bond donors (Lipinski definition) is 1. The molecule has 0 saturated heterocycles. The van der Waals surface area contributed by atoms with Crippen molar-refractivity contribution in [2.75, 3.05) is 23.3 Å². The van der Waals surface area contributed by atoms with Gasteiger partial charge in [0.1, 0.15) is 12.3 Å². The first-order valence-corrected chi connectivity index (χ1v) is 11.3. The second-order valence-corrected chi connectivity index (χ2v) is 9.20. The first kappa shape index (κ1) is 23.7. The molecular formula is C23H23N3O6S. The number of anilines is 2. The lowest BCUT2D eigenvalue weighted by Gasteiger charge is -2.24. The van der Waals surface area contributed by atoms with Gasteiger partial charge in [0.15, 0.2) is 0 Å². The zero-order valence-corrected chi connectivity index (χ0v) is 19.1. The minimum atomic E-state index is -4.31. The second-order valence-electron chi connectivity index (χ2n) is 7.33. The number of nitro benzene ring substituents is 1. The Morgan fingerprint density at radius 1 is 1.06 bits per heavy atom. The molecule has 0 fully saturated rings. The maximum atomic E-state index is 13.5. The lowest BCUT2D eigenvalue weighted by Crippen LogP contribution is -2.38. The quantitative estimate of drug-likeness (QED) is 0.393. The highest BCUT2D eigenvalue weighted by molar-refractivity contribution is 7.92. The smallest absolute Gasteiger partial charge is 0.273 e. The number of ether oxygens (including phenoxy) is 1. The van der Waals surface area contributed by atoms with E-state index in [0.29, 0.717) is 17.0 Å². The van der Waals surface area contributed by atoms with Crippen LogP contribution in [0.2, 0.25) is 0 Å². The van der Waals surface area contributed by atoms with Crippen LogP contribution in [0.3, 0.4) is 0 Å². The zero-order chi connectivity index (χ0) is 24.2. The summed E-state index contributed by atoms with van der Waals surface area (Å²) >= 11 is 0. The molecule has 33 heavy (non-hydrogen) atoms. The molecule has 0 atom stereocenters. The summed E-state index contributed by atoms with van der Waals surface area (Å²) in [5.74, 6) is -0.0621. The maximum absolute atomic E-state index is 13.5. The molecular weight excluding hydrogens is 446 g/mol. The van der Waals surface area contributed by atoms with E-state index in [9.17, 15) is 23.3 Å². The summed E-state index contributed by atoms with van der Waals surface area (Å²) in [4.78, 5) is 23.2. The molecule has 0 heterocycles. The van der Waals surface area contributed by atoms with E-state index in [-0.39, 0.29) is 16.3 Å². The second kappa shape index (κ2) is 9.70. The van der Waals surface area contributed by atoms with Crippen molar-refractivity contribution >= 4 is 33.0 Å². The number of benzene rings is 3. The summed E-state index contributed by atoms with van der Waals surface area (Å²) in [6, 6.07) is 16.9. The predicted molar refractivity (Wildman–Crippen MR) is 125 cm³/mol. The molecule has 0 unspecified atom stereocenters. The average Bonchev–Trinajstić information content (AvgIpc) is 2.77. The molecule has 3 aromatic carbocycles. The number of nitrogens with zero attached hydrogens (tertiary/aromatic N) is 2. The van der Waals surface area contributed by atoms with E-state index < -0.39 is 27.4 Å². The molecule has 0 aliphatic rings. The van der Waals surface area contributed by atoms with Gasteiger partial charge in [0.25, 0.3) is 15.7 Å². The van der Waals surface area contributed by atoms with Crippen molar-refractivity contribution in [1.29, 1.82) is 0 Å². The Labute approximate surface area is 191 Å². The fourth-order valence-electron chi connectivity index (χ4n) is 3.19. The molecule has 0 spiro atoms. The van der Waals surface area contributed by atoms with Crippen molar-refractivity contribution in [3.8, 4) is 5.75 Å². The number of amides is 1. The molecule has 1 N–H and O–H groups in total. The fraction of sp³-hybridized carbons (Fsp3) is 0.174. The first-order chi connectivity index (χ1) is 15.6. The molecule has 172 valence electrons. The number of hydrogen-bond acceptors (Lipinski definition) is 6. The van der Waals surface area contributed by atoms with Crippen molar-refractivity contribution in [2.24, 2.45) is 0 Å². The molecule has 9 nitrogen and oxygen atoms in total. The van der Waals surface area contributed by atoms with Crippen molar-refractivity contribution < 1.29 is 22.9 Å². The van der Waals surface area contributed by atoms with Crippen molar-refractivity contribution in [1.82, 2.24) is 0 Å². The minimum absolute atomic E-state index is 0.207. The van der Waals surface area contributed by atoms with Gasteiger partial charge in [-0.1, -0.05) is 18.2 Å². The summed E-state index contributed by atoms with van der Waals surface area (Å²) in [7, 11) is -2.84. The number of sulfonamides is 1.